The lowest BCUT2D eigenvalue weighted by Crippen LogP contribution is -2.15. The highest BCUT2D eigenvalue weighted by molar-refractivity contribution is 7.22. The summed E-state index contributed by atoms with van der Waals surface area (Å²) in [4.78, 5) is 13.9. The van der Waals surface area contributed by atoms with Crippen LogP contribution in [0.3, 0.4) is 0 Å². The Hall–Kier alpha value is -4.30. The lowest BCUT2D eigenvalue weighted by Gasteiger charge is -2.23. The molecule has 3 heterocycles. The largest absolute Gasteiger partial charge is 0.478 e. The first-order valence-electron chi connectivity index (χ1n) is 12.3. The number of tetrazole rings is 1. The average molecular weight is 508 g/mol. The van der Waals surface area contributed by atoms with Crippen molar-refractivity contribution in [3.63, 3.8) is 0 Å². The number of aromatic nitrogens is 5. The van der Waals surface area contributed by atoms with E-state index in [0.717, 1.165) is 62.1 Å². The number of aryl methyl sites for hydroxylation is 1. The molecule has 8 heteroatoms. The van der Waals surface area contributed by atoms with Crippen molar-refractivity contribution in [1.82, 2.24) is 25.2 Å². The van der Waals surface area contributed by atoms with Crippen LogP contribution in [0, 0.1) is 0 Å². The van der Waals surface area contributed by atoms with Crippen LogP contribution in [0.15, 0.2) is 78.9 Å². The number of carboxylic acid groups (broad SMARTS) is 1. The van der Waals surface area contributed by atoms with Crippen LogP contribution >= 0.6 is 11.3 Å². The topological polar surface area (TPSA) is 96.7 Å². The second-order valence-corrected chi connectivity index (χ2v) is 10.1. The number of carboxylic acids is 1. The normalized spacial score (nSPS) is 12.4. The van der Waals surface area contributed by atoms with Crippen molar-refractivity contribution >= 4 is 38.3 Å². The highest BCUT2D eigenvalue weighted by Crippen LogP contribution is 2.48. The Morgan fingerprint density at radius 1 is 1.00 bits per heavy atom. The second-order valence-electron chi connectivity index (χ2n) is 9.02. The molecule has 0 saturated heterocycles. The van der Waals surface area contributed by atoms with Gasteiger partial charge >= 0.3 is 5.97 Å². The Labute approximate surface area is 217 Å². The van der Waals surface area contributed by atoms with Gasteiger partial charge in [-0.3, -0.25) is 0 Å². The van der Waals surface area contributed by atoms with Crippen LogP contribution in [-0.2, 0) is 6.54 Å². The van der Waals surface area contributed by atoms with Gasteiger partial charge in [0.15, 0.2) is 5.82 Å². The smallest absolute Gasteiger partial charge is 0.338 e. The minimum Gasteiger partial charge on any atom is -0.478 e. The van der Waals surface area contributed by atoms with Crippen LogP contribution in [0.5, 0.6) is 0 Å². The van der Waals surface area contributed by atoms with Gasteiger partial charge in [0.25, 0.3) is 0 Å². The van der Waals surface area contributed by atoms with Gasteiger partial charge in [-0.05, 0) is 45.5 Å². The standard InChI is InChI=1S/C29H25N5O2S/c1-2-3-17-34-21-15-9-7-13-19(21)25(29(35)36)26(34)23(18-11-5-4-6-12-18)24-20-14-8-10-16-22(20)37-27(24)28-30-32-33-31-28/h4-16,23H,2-3,17H2,1H3,(H,35,36)(H,30,31,32,33). The van der Waals surface area contributed by atoms with Gasteiger partial charge < -0.3 is 9.67 Å². The number of rotatable bonds is 8. The molecule has 0 aliphatic rings. The van der Waals surface area contributed by atoms with E-state index in [1.807, 2.05) is 54.6 Å². The first-order valence-corrected chi connectivity index (χ1v) is 13.2. The first-order chi connectivity index (χ1) is 18.2. The molecule has 0 saturated carbocycles. The molecule has 0 fully saturated rings. The van der Waals surface area contributed by atoms with Crippen molar-refractivity contribution in [2.45, 2.75) is 32.2 Å². The predicted molar refractivity (Wildman–Crippen MR) is 146 cm³/mol. The minimum atomic E-state index is -0.926. The van der Waals surface area contributed by atoms with Crippen molar-refractivity contribution in [1.29, 1.82) is 0 Å². The molecule has 1 unspecified atom stereocenters. The molecule has 0 amide bonds. The molecule has 3 aromatic heterocycles. The summed E-state index contributed by atoms with van der Waals surface area (Å²) < 4.78 is 3.31. The maximum Gasteiger partial charge on any atom is 0.338 e. The minimum absolute atomic E-state index is 0.345. The zero-order valence-electron chi connectivity index (χ0n) is 20.3. The molecule has 184 valence electrons. The fraction of sp³-hybridized carbons (Fsp3) is 0.172. The highest BCUT2D eigenvalue weighted by atomic mass is 32.1. The number of para-hydroxylation sites is 1. The number of unbranched alkanes of at least 4 members (excludes halogenated alkanes) is 1. The Morgan fingerprint density at radius 3 is 2.46 bits per heavy atom. The van der Waals surface area contributed by atoms with E-state index in [4.69, 9.17) is 0 Å². The number of hydrogen-bond donors (Lipinski definition) is 2. The van der Waals surface area contributed by atoms with Gasteiger partial charge in [0.2, 0.25) is 0 Å². The summed E-state index contributed by atoms with van der Waals surface area (Å²) in [7, 11) is 0. The number of carbonyl (C=O) groups is 1. The summed E-state index contributed by atoms with van der Waals surface area (Å²) in [5, 5.41) is 27.3. The number of H-pyrrole nitrogens is 1. The summed E-state index contributed by atoms with van der Waals surface area (Å²) in [6.07, 6.45) is 1.94. The molecular weight excluding hydrogens is 482 g/mol. The Morgan fingerprint density at radius 2 is 1.73 bits per heavy atom. The average Bonchev–Trinajstić information content (AvgIpc) is 3.65. The molecule has 37 heavy (non-hydrogen) atoms. The quantitative estimate of drug-likeness (QED) is 0.238. The van der Waals surface area contributed by atoms with E-state index < -0.39 is 5.97 Å². The lowest BCUT2D eigenvalue weighted by molar-refractivity contribution is 0.0697. The van der Waals surface area contributed by atoms with E-state index >= 15 is 0 Å². The zero-order valence-corrected chi connectivity index (χ0v) is 21.1. The number of aromatic amines is 1. The summed E-state index contributed by atoms with van der Waals surface area (Å²) in [5.41, 5.74) is 4.09. The number of fused-ring (bicyclic) bond motifs is 2. The van der Waals surface area contributed by atoms with Crippen molar-refractivity contribution in [2.24, 2.45) is 0 Å². The second kappa shape index (κ2) is 9.63. The van der Waals surface area contributed by atoms with Crippen molar-refractivity contribution in [3.8, 4) is 10.7 Å². The van der Waals surface area contributed by atoms with Gasteiger partial charge in [0, 0.05) is 27.8 Å². The molecule has 7 nitrogen and oxygen atoms in total. The lowest BCUT2D eigenvalue weighted by atomic mass is 9.84. The molecule has 6 aromatic rings. The van der Waals surface area contributed by atoms with Crippen LogP contribution in [0.1, 0.15) is 52.9 Å². The van der Waals surface area contributed by atoms with E-state index in [2.05, 4.69) is 56.4 Å². The maximum absolute atomic E-state index is 13.0. The number of hydrogen-bond acceptors (Lipinski definition) is 5. The van der Waals surface area contributed by atoms with Crippen LogP contribution in [-0.4, -0.2) is 36.3 Å². The fourth-order valence-corrected chi connectivity index (χ4v) is 6.47. The molecule has 1 atom stereocenters. The third-order valence-corrected chi connectivity index (χ3v) is 8.04. The third kappa shape index (κ3) is 3.90. The summed E-state index contributed by atoms with van der Waals surface area (Å²) in [5.74, 6) is -0.706. The number of thiophene rings is 1. The highest BCUT2D eigenvalue weighted by Gasteiger charge is 2.34. The number of benzene rings is 3. The Kier molecular flexibility index (Phi) is 6.02. The molecule has 0 spiro atoms. The van der Waals surface area contributed by atoms with Gasteiger partial charge in [-0.1, -0.05) is 80.1 Å². The van der Waals surface area contributed by atoms with Gasteiger partial charge in [-0.15, -0.1) is 16.4 Å². The monoisotopic (exact) mass is 507 g/mol. The summed E-state index contributed by atoms with van der Waals surface area (Å²) in [6, 6.07) is 26.2. The fourth-order valence-electron chi connectivity index (χ4n) is 5.30. The predicted octanol–water partition coefficient (Wildman–Crippen LogP) is 6.71. The van der Waals surface area contributed by atoms with E-state index in [9.17, 15) is 9.90 Å². The molecule has 0 aliphatic carbocycles. The van der Waals surface area contributed by atoms with Crippen molar-refractivity contribution < 1.29 is 9.90 Å². The number of nitrogens with zero attached hydrogens (tertiary/aromatic N) is 4. The van der Waals surface area contributed by atoms with Crippen molar-refractivity contribution in [2.75, 3.05) is 0 Å². The molecule has 6 rings (SSSR count). The van der Waals surface area contributed by atoms with Crippen LogP contribution in [0.25, 0.3) is 31.7 Å². The zero-order chi connectivity index (χ0) is 25.4. The summed E-state index contributed by atoms with van der Waals surface area (Å²) >= 11 is 1.61. The van der Waals surface area contributed by atoms with Crippen LogP contribution in [0.2, 0.25) is 0 Å². The van der Waals surface area contributed by atoms with Gasteiger partial charge in [0.1, 0.15) is 0 Å². The van der Waals surface area contributed by atoms with E-state index in [1.54, 1.807) is 11.3 Å². The van der Waals surface area contributed by atoms with Crippen molar-refractivity contribution in [3.05, 3.63) is 101 Å². The van der Waals surface area contributed by atoms with E-state index in [-0.39, 0.29) is 5.92 Å². The van der Waals surface area contributed by atoms with Gasteiger partial charge in [0.05, 0.1) is 16.4 Å². The molecule has 0 aliphatic heterocycles. The van der Waals surface area contributed by atoms with E-state index in [0.29, 0.717) is 11.4 Å². The Balaban J connectivity index is 1.77. The summed E-state index contributed by atoms with van der Waals surface area (Å²) in [6.45, 7) is 2.88. The molecule has 3 aromatic carbocycles. The Bertz CT molecular complexity index is 1700. The van der Waals surface area contributed by atoms with Gasteiger partial charge in [-0.25, -0.2) is 9.89 Å². The molecule has 0 bridgehead atoms. The van der Waals surface area contributed by atoms with Crippen LogP contribution < -0.4 is 0 Å². The molecular formula is C29H25N5O2S. The van der Waals surface area contributed by atoms with Crippen LogP contribution in [0.4, 0.5) is 0 Å². The van der Waals surface area contributed by atoms with Gasteiger partial charge in [-0.2, -0.15) is 0 Å². The molecule has 2 N–H and O–H groups in total. The third-order valence-electron chi connectivity index (χ3n) is 6.85. The number of nitrogens with one attached hydrogen (secondary N) is 1. The van der Waals surface area contributed by atoms with E-state index in [1.165, 1.54) is 0 Å². The SMILES string of the molecule is CCCCn1c(C(c2ccccc2)c2c(-c3nnn[nH]3)sc3ccccc23)c(C(=O)O)c2ccccc21. The maximum atomic E-state index is 13.0. The molecule has 0 radical (unpaired) electrons. The number of aromatic carboxylic acids is 1. The first kappa shape index (κ1) is 23.1.